The van der Waals surface area contributed by atoms with Crippen LogP contribution in [0.25, 0.3) is 0 Å². The second-order valence-electron chi connectivity index (χ2n) is 6.36. The number of benzene rings is 1. The van der Waals surface area contributed by atoms with Crippen LogP contribution in [-0.2, 0) is 6.54 Å². The van der Waals surface area contributed by atoms with Gasteiger partial charge in [0.25, 0.3) is 0 Å². The fourth-order valence-corrected chi connectivity index (χ4v) is 3.47. The summed E-state index contributed by atoms with van der Waals surface area (Å²) in [5.74, 6) is 3.35. The van der Waals surface area contributed by atoms with Crippen LogP contribution < -0.4 is 14.8 Å². The molecule has 0 radical (unpaired) electrons. The summed E-state index contributed by atoms with van der Waals surface area (Å²) in [6.07, 6.45) is 5.36. The molecule has 2 atom stereocenters. The Morgan fingerprint density at radius 3 is 2.57 bits per heavy atom. The van der Waals surface area contributed by atoms with Crippen molar-refractivity contribution in [3.8, 4) is 11.5 Å². The lowest BCUT2D eigenvalue weighted by molar-refractivity contribution is 0.204. The lowest BCUT2D eigenvalue weighted by atomic mass is 9.78. The summed E-state index contributed by atoms with van der Waals surface area (Å²) < 4.78 is 10.8. The average Bonchev–Trinajstić information content (AvgIpc) is 2.52. The monoisotopic (exact) mass is 291 g/mol. The quantitative estimate of drug-likeness (QED) is 0.859. The van der Waals surface area contributed by atoms with Gasteiger partial charge in [-0.3, -0.25) is 0 Å². The molecule has 1 aliphatic carbocycles. The van der Waals surface area contributed by atoms with Gasteiger partial charge in [0.15, 0.2) is 0 Å². The van der Waals surface area contributed by atoms with Crippen molar-refractivity contribution in [1.82, 2.24) is 5.32 Å². The van der Waals surface area contributed by atoms with E-state index in [9.17, 15) is 0 Å². The Morgan fingerprint density at radius 2 is 1.90 bits per heavy atom. The van der Waals surface area contributed by atoms with Crippen LogP contribution in [0.3, 0.4) is 0 Å². The molecule has 0 saturated heterocycles. The van der Waals surface area contributed by atoms with Crippen molar-refractivity contribution in [2.45, 2.75) is 52.1 Å². The molecule has 0 heterocycles. The summed E-state index contributed by atoms with van der Waals surface area (Å²) in [6, 6.07) is 6.62. The molecule has 118 valence electrons. The van der Waals surface area contributed by atoms with E-state index in [1.165, 1.54) is 31.2 Å². The van der Waals surface area contributed by atoms with Crippen LogP contribution in [0.2, 0.25) is 0 Å². The Balaban J connectivity index is 2.04. The third kappa shape index (κ3) is 4.13. The van der Waals surface area contributed by atoms with Gasteiger partial charge in [0.2, 0.25) is 0 Å². The molecular formula is C18H29NO2. The van der Waals surface area contributed by atoms with E-state index >= 15 is 0 Å². The molecule has 1 aliphatic rings. The normalized spacial score (nSPS) is 22.3. The van der Waals surface area contributed by atoms with Gasteiger partial charge >= 0.3 is 0 Å². The topological polar surface area (TPSA) is 30.5 Å². The summed E-state index contributed by atoms with van der Waals surface area (Å²) in [5, 5.41) is 3.76. The van der Waals surface area contributed by atoms with Gasteiger partial charge < -0.3 is 14.8 Å². The molecular weight excluding hydrogens is 262 g/mol. The summed E-state index contributed by atoms with van der Waals surface area (Å²) in [7, 11) is 3.43. The fraction of sp³-hybridized carbons (Fsp3) is 0.667. The second-order valence-corrected chi connectivity index (χ2v) is 6.36. The van der Waals surface area contributed by atoms with E-state index in [4.69, 9.17) is 9.47 Å². The molecule has 2 rings (SSSR count). The summed E-state index contributed by atoms with van der Waals surface area (Å²) in [6.45, 7) is 5.53. The Morgan fingerprint density at radius 1 is 1.14 bits per heavy atom. The highest BCUT2D eigenvalue weighted by Gasteiger charge is 2.27. The first-order chi connectivity index (χ1) is 10.2. The minimum Gasteiger partial charge on any atom is -0.497 e. The van der Waals surface area contributed by atoms with Crippen LogP contribution >= 0.6 is 0 Å². The molecule has 3 heteroatoms. The van der Waals surface area contributed by atoms with Gasteiger partial charge in [-0.25, -0.2) is 0 Å². The van der Waals surface area contributed by atoms with Gasteiger partial charge in [0.1, 0.15) is 11.5 Å². The Labute approximate surface area is 129 Å². The molecule has 21 heavy (non-hydrogen) atoms. The zero-order valence-electron chi connectivity index (χ0n) is 13.8. The van der Waals surface area contributed by atoms with Crippen molar-refractivity contribution in [1.29, 1.82) is 0 Å². The van der Waals surface area contributed by atoms with Crippen LogP contribution in [-0.4, -0.2) is 20.3 Å². The Kier molecular flexibility index (Phi) is 5.92. The Hall–Kier alpha value is -1.22. The van der Waals surface area contributed by atoms with Gasteiger partial charge in [-0.15, -0.1) is 0 Å². The first-order valence-electron chi connectivity index (χ1n) is 8.10. The highest BCUT2D eigenvalue weighted by Crippen LogP contribution is 2.31. The number of hydrogen-bond donors (Lipinski definition) is 1. The average molecular weight is 291 g/mol. The van der Waals surface area contributed by atoms with E-state index in [-0.39, 0.29) is 0 Å². The van der Waals surface area contributed by atoms with Gasteiger partial charge in [-0.05, 0) is 42.9 Å². The van der Waals surface area contributed by atoms with Crippen LogP contribution in [0, 0.1) is 11.8 Å². The van der Waals surface area contributed by atoms with Crippen molar-refractivity contribution in [2.24, 2.45) is 11.8 Å². The highest BCUT2D eigenvalue weighted by molar-refractivity contribution is 5.40. The Bertz CT molecular complexity index is 445. The van der Waals surface area contributed by atoms with Crippen LogP contribution in [0.5, 0.6) is 11.5 Å². The maximum absolute atomic E-state index is 5.46. The smallest absolute Gasteiger partial charge is 0.123 e. The number of rotatable bonds is 6. The number of hydrogen-bond acceptors (Lipinski definition) is 3. The predicted molar refractivity (Wildman–Crippen MR) is 87.0 cm³/mol. The van der Waals surface area contributed by atoms with E-state index in [1.807, 2.05) is 12.1 Å². The lowest BCUT2D eigenvalue weighted by Crippen LogP contribution is -2.40. The largest absolute Gasteiger partial charge is 0.497 e. The minimum absolute atomic E-state index is 0.620. The third-order valence-corrected chi connectivity index (χ3v) is 4.72. The standard InChI is InChI=1S/C18H29NO2/c1-13(2)16-7-5-6-8-17(16)19-12-14-11-15(20-3)9-10-18(14)21-4/h9-11,13,16-17,19H,5-8,12H2,1-4H3. The molecule has 0 amide bonds. The van der Waals surface area contributed by atoms with Crippen molar-refractivity contribution >= 4 is 0 Å². The molecule has 0 aromatic heterocycles. The van der Waals surface area contributed by atoms with E-state index in [2.05, 4.69) is 25.2 Å². The lowest BCUT2D eigenvalue weighted by Gasteiger charge is -2.35. The summed E-state index contributed by atoms with van der Waals surface area (Å²) in [5.41, 5.74) is 1.17. The molecule has 0 spiro atoms. The van der Waals surface area contributed by atoms with E-state index in [0.717, 1.165) is 29.9 Å². The summed E-state index contributed by atoms with van der Waals surface area (Å²) in [4.78, 5) is 0. The van der Waals surface area contributed by atoms with Gasteiger partial charge in [0, 0.05) is 18.2 Å². The maximum Gasteiger partial charge on any atom is 0.123 e. The molecule has 0 bridgehead atoms. The SMILES string of the molecule is COc1ccc(OC)c(CNC2CCCCC2C(C)C)c1. The van der Waals surface area contributed by atoms with Gasteiger partial charge in [-0.2, -0.15) is 0 Å². The molecule has 3 nitrogen and oxygen atoms in total. The molecule has 2 unspecified atom stereocenters. The number of methoxy groups -OCH3 is 2. The predicted octanol–water partition coefficient (Wildman–Crippen LogP) is 4.01. The van der Waals surface area contributed by atoms with Crippen LogP contribution in [0.15, 0.2) is 18.2 Å². The third-order valence-electron chi connectivity index (χ3n) is 4.72. The number of nitrogens with one attached hydrogen (secondary N) is 1. The van der Waals surface area contributed by atoms with Crippen molar-refractivity contribution in [3.05, 3.63) is 23.8 Å². The molecule has 1 N–H and O–H groups in total. The second kappa shape index (κ2) is 7.69. The molecule has 1 aromatic carbocycles. The van der Waals surface area contributed by atoms with Gasteiger partial charge in [-0.1, -0.05) is 26.7 Å². The highest BCUT2D eigenvalue weighted by atomic mass is 16.5. The van der Waals surface area contributed by atoms with Crippen molar-refractivity contribution in [3.63, 3.8) is 0 Å². The van der Waals surface area contributed by atoms with Crippen molar-refractivity contribution < 1.29 is 9.47 Å². The van der Waals surface area contributed by atoms with Crippen LogP contribution in [0.4, 0.5) is 0 Å². The molecule has 1 saturated carbocycles. The van der Waals surface area contributed by atoms with E-state index in [1.54, 1.807) is 14.2 Å². The minimum atomic E-state index is 0.620. The zero-order chi connectivity index (χ0) is 15.2. The molecule has 1 aromatic rings. The summed E-state index contributed by atoms with van der Waals surface area (Å²) >= 11 is 0. The first-order valence-corrected chi connectivity index (χ1v) is 8.10. The van der Waals surface area contributed by atoms with Gasteiger partial charge in [0.05, 0.1) is 14.2 Å². The van der Waals surface area contributed by atoms with Crippen molar-refractivity contribution in [2.75, 3.05) is 14.2 Å². The zero-order valence-corrected chi connectivity index (χ0v) is 13.8. The first kappa shape index (κ1) is 16.2. The van der Waals surface area contributed by atoms with E-state index in [0.29, 0.717) is 6.04 Å². The van der Waals surface area contributed by atoms with Crippen LogP contribution in [0.1, 0.15) is 45.1 Å². The fourth-order valence-electron chi connectivity index (χ4n) is 3.47. The maximum atomic E-state index is 5.46. The molecule has 0 aliphatic heterocycles. The van der Waals surface area contributed by atoms with E-state index < -0.39 is 0 Å². The number of ether oxygens (including phenoxy) is 2. The molecule has 1 fully saturated rings.